The van der Waals surface area contributed by atoms with Crippen LogP contribution in [0.15, 0.2) is 0 Å². The molecule has 0 radical (unpaired) electrons. The summed E-state index contributed by atoms with van der Waals surface area (Å²) in [7, 11) is 0. The Morgan fingerprint density at radius 2 is 1.95 bits per heavy atom. The quantitative estimate of drug-likeness (QED) is 0.798. The molecule has 122 valence electrons. The van der Waals surface area contributed by atoms with Gasteiger partial charge in [-0.05, 0) is 40.7 Å². The molecule has 1 aromatic rings. The van der Waals surface area contributed by atoms with Crippen molar-refractivity contribution in [2.75, 3.05) is 13.2 Å². The predicted octanol–water partition coefficient (Wildman–Crippen LogP) is 3.45. The fourth-order valence-corrected chi connectivity index (χ4v) is 2.62. The van der Waals surface area contributed by atoms with Crippen LogP contribution in [-0.2, 0) is 24.1 Å². The van der Waals surface area contributed by atoms with Gasteiger partial charge in [0.15, 0.2) is 0 Å². The van der Waals surface area contributed by atoms with E-state index in [-0.39, 0.29) is 11.6 Å². The first-order valence-electron chi connectivity index (χ1n) is 7.93. The van der Waals surface area contributed by atoms with Gasteiger partial charge in [-0.2, -0.15) is 5.10 Å². The SMILES string of the molecule is CCNC(COC(C)(C)C)Cc1c(Cl)c(CC)nn1CC. The number of halogens is 1. The Morgan fingerprint density at radius 3 is 2.43 bits per heavy atom. The van der Waals surface area contributed by atoms with Gasteiger partial charge in [-0.15, -0.1) is 0 Å². The monoisotopic (exact) mass is 315 g/mol. The fourth-order valence-electron chi connectivity index (χ4n) is 2.27. The van der Waals surface area contributed by atoms with Crippen molar-refractivity contribution in [3.05, 3.63) is 16.4 Å². The third kappa shape index (κ3) is 5.61. The lowest BCUT2D eigenvalue weighted by Crippen LogP contribution is -2.38. The number of likely N-dealkylation sites (N-methyl/N-ethyl adjacent to an activating group) is 1. The van der Waals surface area contributed by atoms with Gasteiger partial charge in [0.1, 0.15) is 0 Å². The first kappa shape index (κ1) is 18.5. The summed E-state index contributed by atoms with van der Waals surface area (Å²) in [5, 5.41) is 8.89. The first-order chi connectivity index (χ1) is 9.82. The van der Waals surface area contributed by atoms with Gasteiger partial charge in [0.2, 0.25) is 0 Å². The number of nitrogens with one attached hydrogen (secondary N) is 1. The molecular weight excluding hydrogens is 286 g/mol. The molecule has 1 atom stereocenters. The van der Waals surface area contributed by atoms with E-state index in [0.717, 1.165) is 42.3 Å². The topological polar surface area (TPSA) is 39.1 Å². The molecule has 0 aromatic carbocycles. The molecule has 5 heteroatoms. The second kappa shape index (κ2) is 8.16. The van der Waals surface area contributed by atoms with Crippen LogP contribution in [0.2, 0.25) is 5.02 Å². The van der Waals surface area contributed by atoms with Crippen LogP contribution in [0.4, 0.5) is 0 Å². The Hall–Kier alpha value is -0.580. The van der Waals surface area contributed by atoms with E-state index in [0.29, 0.717) is 6.61 Å². The van der Waals surface area contributed by atoms with Crippen LogP contribution in [0, 0.1) is 0 Å². The Labute approximate surface area is 134 Å². The second-order valence-electron chi connectivity index (χ2n) is 6.26. The van der Waals surface area contributed by atoms with Gasteiger partial charge >= 0.3 is 0 Å². The molecule has 0 amide bonds. The molecule has 0 aliphatic carbocycles. The summed E-state index contributed by atoms with van der Waals surface area (Å²) in [5.74, 6) is 0. The summed E-state index contributed by atoms with van der Waals surface area (Å²) < 4.78 is 7.94. The van der Waals surface area contributed by atoms with Crippen molar-refractivity contribution in [3.8, 4) is 0 Å². The standard InChI is InChI=1S/C16H30ClN3O/c1-7-13-15(17)14(20(9-3)19-13)10-12(18-8-2)11-21-16(4,5)6/h12,18H,7-11H2,1-6H3. The van der Waals surface area contributed by atoms with E-state index in [1.165, 1.54) is 0 Å². The minimum Gasteiger partial charge on any atom is -0.374 e. The maximum atomic E-state index is 6.49. The predicted molar refractivity (Wildman–Crippen MR) is 89.2 cm³/mol. The zero-order chi connectivity index (χ0) is 16.0. The number of nitrogens with zero attached hydrogens (tertiary/aromatic N) is 2. The Balaban J connectivity index is 2.85. The zero-order valence-electron chi connectivity index (χ0n) is 14.3. The van der Waals surface area contributed by atoms with Gasteiger partial charge in [0, 0.05) is 19.0 Å². The number of aryl methyl sites for hydroxylation is 2. The van der Waals surface area contributed by atoms with E-state index in [2.05, 4.69) is 52.0 Å². The first-order valence-corrected chi connectivity index (χ1v) is 8.31. The van der Waals surface area contributed by atoms with E-state index in [9.17, 15) is 0 Å². The lowest BCUT2D eigenvalue weighted by molar-refractivity contribution is -0.0143. The number of ether oxygens (including phenoxy) is 1. The zero-order valence-corrected chi connectivity index (χ0v) is 15.0. The summed E-state index contributed by atoms with van der Waals surface area (Å²) in [6, 6.07) is 0.249. The highest BCUT2D eigenvalue weighted by molar-refractivity contribution is 6.31. The summed E-state index contributed by atoms with van der Waals surface area (Å²) in [6.45, 7) is 15.0. The smallest absolute Gasteiger partial charge is 0.0850 e. The van der Waals surface area contributed by atoms with Gasteiger partial charge in [-0.25, -0.2) is 0 Å². The number of rotatable bonds is 8. The third-order valence-corrected chi connectivity index (χ3v) is 3.78. The highest BCUT2D eigenvalue weighted by Gasteiger charge is 2.20. The molecule has 0 fully saturated rings. The van der Waals surface area contributed by atoms with Crippen molar-refractivity contribution in [3.63, 3.8) is 0 Å². The van der Waals surface area contributed by atoms with Crippen LogP contribution in [0.5, 0.6) is 0 Å². The molecule has 0 aliphatic heterocycles. The van der Waals surface area contributed by atoms with Crippen LogP contribution in [0.3, 0.4) is 0 Å². The average molecular weight is 316 g/mol. The minimum absolute atomic E-state index is 0.128. The number of hydrogen-bond acceptors (Lipinski definition) is 3. The van der Waals surface area contributed by atoms with Crippen molar-refractivity contribution in [2.24, 2.45) is 0 Å². The molecule has 0 bridgehead atoms. The summed E-state index contributed by atoms with van der Waals surface area (Å²) in [5.41, 5.74) is 1.97. The van der Waals surface area contributed by atoms with Gasteiger partial charge in [0.25, 0.3) is 0 Å². The molecule has 1 N–H and O–H groups in total. The van der Waals surface area contributed by atoms with Crippen LogP contribution < -0.4 is 5.32 Å². The Kier molecular flexibility index (Phi) is 7.17. The number of hydrogen-bond donors (Lipinski definition) is 1. The second-order valence-corrected chi connectivity index (χ2v) is 6.64. The van der Waals surface area contributed by atoms with E-state index < -0.39 is 0 Å². The Morgan fingerprint density at radius 1 is 1.29 bits per heavy atom. The lowest BCUT2D eigenvalue weighted by atomic mass is 10.1. The minimum atomic E-state index is -0.128. The molecule has 21 heavy (non-hydrogen) atoms. The molecule has 0 aliphatic rings. The van der Waals surface area contributed by atoms with Crippen molar-refractivity contribution in [1.82, 2.24) is 15.1 Å². The molecule has 1 heterocycles. The fraction of sp³-hybridized carbons (Fsp3) is 0.812. The highest BCUT2D eigenvalue weighted by Crippen LogP contribution is 2.23. The number of aromatic nitrogens is 2. The molecule has 1 aromatic heterocycles. The molecule has 0 saturated heterocycles. The normalized spacial score (nSPS) is 13.7. The maximum Gasteiger partial charge on any atom is 0.0850 e. The van der Waals surface area contributed by atoms with Crippen molar-refractivity contribution in [2.45, 2.75) is 72.6 Å². The molecule has 1 unspecified atom stereocenters. The van der Waals surface area contributed by atoms with Crippen molar-refractivity contribution < 1.29 is 4.74 Å². The van der Waals surface area contributed by atoms with Gasteiger partial charge in [0.05, 0.1) is 28.6 Å². The van der Waals surface area contributed by atoms with Gasteiger partial charge in [-0.3, -0.25) is 4.68 Å². The third-order valence-electron chi connectivity index (χ3n) is 3.34. The van der Waals surface area contributed by atoms with Gasteiger partial charge < -0.3 is 10.1 Å². The molecule has 4 nitrogen and oxygen atoms in total. The summed E-state index contributed by atoms with van der Waals surface area (Å²) in [6.07, 6.45) is 1.70. The maximum absolute atomic E-state index is 6.49. The van der Waals surface area contributed by atoms with E-state index in [1.54, 1.807) is 0 Å². The average Bonchev–Trinajstić information content (AvgIpc) is 2.72. The molecule has 0 spiro atoms. The Bertz CT molecular complexity index is 437. The summed E-state index contributed by atoms with van der Waals surface area (Å²) in [4.78, 5) is 0. The van der Waals surface area contributed by atoms with E-state index in [4.69, 9.17) is 16.3 Å². The van der Waals surface area contributed by atoms with Crippen LogP contribution >= 0.6 is 11.6 Å². The van der Waals surface area contributed by atoms with Crippen LogP contribution in [-0.4, -0.2) is 34.6 Å². The van der Waals surface area contributed by atoms with E-state index in [1.807, 2.05) is 4.68 Å². The highest BCUT2D eigenvalue weighted by atomic mass is 35.5. The van der Waals surface area contributed by atoms with Gasteiger partial charge in [-0.1, -0.05) is 25.4 Å². The summed E-state index contributed by atoms with van der Waals surface area (Å²) >= 11 is 6.49. The lowest BCUT2D eigenvalue weighted by Gasteiger charge is -2.25. The molecule has 1 rings (SSSR count). The largest absolute Gasteiger partial charge is 0.374 e. The van der Waals surface area contributed by atoms with E-state index >= 15 is 0 Å². The van der Waals surface area contributed by atoms with Crippen molar-refractivity contribution in [1.29, 1.82) is 0 Å². The van der Waals surface area contributed by atoms with Crippen LogP contribution in [0.1, 0.15) is 52.9 Å². The van der Waals surface area contributed by atoms with Crippen LogP contribution in [0.25, 0.3) is 0 Å². The molecule has 0 saturated carbocycles. The van der Waals surface area contributed by atoms with Crippen molar-refractivity contribution >= 4 is 11.6 Å². The molecular formula is C16H30ClN3O.